The number of aliphatic hydroxyl groups excluding tert-OH is 1. The van der Waals surface area contributed by atoms with E-state index in [-0.39, 0.29) is 6.10 Å². The third kappa shape index (κ3) is 6.93. The van der Waals surface area contributed by atoms with Crippen molar-refractivity contribution in [3.63, 3.8) is 0 Å². The van der Waals surface area contributed by atoms with Crippen LogP contribution in [-0.2, 0) is 11.3 Å². The van der Waals surface area contributed by atoms with Crippen LogP contribution in [0.4, 0.5) is 0 Å². The fourth-order valence-electron chi connectivity index (χ4n) is 1.60. The number of benzene rings is 1. The predicted octanol–water partition coefficient (Wildman–Crippen LogP) is 3.31. The monoisotopic (exact) mass is 234 g/mol. The van der Waals surface area contributed by atoms with Crippen LogP contribution in [0.3, 0.4) is 0 Å². The summed E-state index contributed by atoms with van der Waals surface area (Å²) in [5, 5.41) is 9.59. The molecule has 0 fully saturated rings. The molecule has 0 aliphatic heterocycles. The lowest BCUT2D eigenvalue weighted by molar-refractivity contribution is 0.0979. The van der Waals surface area contributed by atoms with Crippen LogP contribution in [-0.4, -0.2) is 17.8 Å². The molecule has 2 nitrogen and oxygen atoms in total. The molecule has 1 rings (SSSR count). The van der Waals surface area contributed by atoms with Gasteiger partial charge in [-0.15, -0.1) is 0 Å². The van der Waals surface area contributed by atoms with Gasteiger partial charge in [-0.3, -0.25) is 0 Å². The van der Waals surface area contributed by atoms with Crippen LogP contribution in [0.1, 0.15) is 31.7 Å². The number of aliphatic hydroxyl groups is 1. The molecule has 0 aromatic heterocycles. The van der Waals surface area contributed by atoms with E-state index in [2.05, 4.69) is 12.1 Å². The Morgan fingerprint density at radius 3 is 2.76 bits per heavy atom. The third-order valence-corrected chi connectivity index (χ3v) is 2.58. The topological polar surface area (TPSA) is 29.5 Å². The quantitative estimate of drug-likeness (QED) is 0.552. The van der Waals surface area contributed by atoms with Gasteiger partial charge in [-0.25, -0.2) is 0 Å². The lowest BCUT2D eigenvalue weighted by Crippen LogP contribution is -2.06. The number of hydrogen-bond donors (Lipinski definition) is 1. The number of hydrogen-bond acceptors (Lipinski definition) is 2. The summed E-state index contributed by atoms with van der Waals surface area (Å²) in [6, 6.07) is 10.1. The molecule has 0 amide bonds. The second kappa shape index (κ2) is 8.97. The summed E-state index contributed by atoms with van der Waals surface area (Å²) in [5.41, 5.74) is 1.20. The molecular formula is C15H22O2. The van der Waals surface area contributed by atoms with Gasteiger partial charge in [-0.1, -0.05) is 42.5 Å². The molecule has 0 radical (unpaired) electrons. The highest BCUT2D eigenvalue weighted by Crippen LogP contribution is 2.05. The van der Waals surface area contributed by atoms with Crippen LogP contribution >= 0.6 is 0 Å². The van der Waals surface area contributed by atoms with Gasteiger partial charge in [0.25, 0.3) is 0 Å². The SMILES string of the molecule is C/C=C\C[C@@H](O)CCCOCc1ccccc1. The van der Waals surface area contributed by atoms with E-state index < -0.39 is 0 Å². The Morgan fingerprint density at radius 1 is 1.29 bits per heavy atom. The van der Waals surface area contributed by atoms with Crippen molar-refractivity contribution >= 4 is 0 Å². The van der Waals surface area contributed by atoms with Crippen molar-refractivity contribution in [2.75, 3.05) is 6.61 Å². The van der Waals surface area contributed by atoms with Crippen molar-refractivity contribution in [2.45, 2.75) is 38.9 Å². The van der Waals surface area contributed by atoms with Gasteiger partial charge < -0.3 is 9.84 Å². The molecule has 2 heteroatoms. The summed E-state index contributed by atoms with van der Waals surface area (Å²) in [7, 11) is 0. The molecule has 0 bridgehead atoms. The van der Waals surface area contributed by atoms with E-state index in [4.69, 9.17) is 4.74 Å². The molecule has 0 heterocycles. The summed E-state index contributed by atoms with van der Waals surface area (Å²) >= 11 is 0. The Balaban J connectivity index is 2.01. The first-order valence-corrected chi connectivity index (χ1v) is 6.24. The van der Waals surface area contributed by atoms with Crippen molar-refractivity contribution < 1.29 is 9.84 Å². The number of rotatable bonds is 8. The number of allylic oxidation sites excluding steroid dienone is 1. The molecule has 1 N–H and O–H groups in total. The maximum atomic E-state index is 9.59. The van der Waals surface area contributed by atoms with Crippen LogP contribution in [0.5, 0.6) is 0 Å². The number of ether oxygens (including phenoxy) is 1. The molecule has 1 aromatic carbocycles. The second-order valence-electron chi connectivity index (χ2n) is 4.14. The van der Waals surface area contributed by atoms with Gasteiger partial charge in [-0.2, -0.15) is 0 Å². The minimum Gasteiger partial charge on any atom is -0.393 e. The highest BCUT2D eigenvalue weighted by Gasteiger charge is 2.01. The zero-order chi connectivity index (χ0) is 12.3. The van der Waals surface area contributed by atoms with Crippen molar-refractivity contribution in [1.82, 2.24) is 0 Å². The maximum absolute atomic E-state index is 9.59. The van der Waals surface area contributed by atoms with E-state index in [1.165, 1.54) is 5.56 Å². The first-order valence-electron chi connectivity index (χ1n) is 6.24. The van der Waals surface area contributed by atoms with Gasteiger partial charge in [0.2, 0.25) is 0 Å². The maximum Gasteiger partial charge on any atom is 0.0716 e. The average molecular weight is 234 g/mol. The zero-order valence-corrected chi connectivity index (χ0v) is 10.5. The molecule has 1 atom stereocenters. The molecule has 0 saturated carbocycles. The molecule has 0 unspecified atom stereocenters. The van der Waals surface area contributed by atoms with Gasteiger partial charge in [0.1, 0.15) is 0 Å². The van der Waals surface area contributed by atoms with E-state index in [9.17, 15) is 5.11 Å². The van der Waals surface area contributed by atoms with Gasteiger partial charge in [0.15, 0.2) is 0 Å². The van der Waals surface area contributed by atoms with Crippen molar-refractivity contribution in [3.8, 4) is 0 Å². The van der Waals surface area contributed by atoms with Gasteiger partial charge in [0, 0.05) is 6.61 Å². The van der Waals surface area contributed by atoms with E-state index in [0.29, 0.717) is 13.2 Å². The average Bonchev–Trinajstić information content (AvgIpc) is 2.37. The van der Waals surface area contributed by atoms with Gasteiger partial charge in [0.05, 0.1) is 12.7 Å². The van der Waals surface area contributed by atoms with Gasteiger partial charge >= 0.3 is 0 Å². The molecule has 0 spiro atoms. The fourth-order valence-corrected chi connectivity index (χ4v) is 1.60. The Labute approximate surface area is 104 Å². The summed E-state index contributed by atoms with van der Waals surface area (Å²) in [5.74, 6) is 0. The molecule has 17 heavy (non-hydrogen) atoms. The Hall–Kier alpha value is -1.12. The summed E-state index contributed by atoms with van der Waals surface area (Å²) in [6.45, 7) is 3.34. The van der Waals surface area contributed by atoms with Crippen molar-refractivity contribution in [3.05, 3.63) is 48.0 Å². The molecule has 1 aromatic rings. The van der Waals surface area contributed by atoms with Gasteiger partial charge in [-0.05, 0) is 31.7 Å². The smallest absolute Gasteiger partial charge is 0.0716 e. The van der Waals surface area contributed by atoms with Crippen LogP contribution in [0.25, 0.3) is 0 Å². The van der Waals surface area contributed by atoms with Crippen molar-refractivity contribution in [2.24, 2.45) is 0 Å². The normalized spacial score (nSPS) is 13.1. The van der Waals surface area contributed by atoms with E-state index >= 15 is 0 Å². The van der Waals surface area contributed by atoms with Crippen LogP contribution < -0.4 is 0 Å². The Morgan fingerprint density at radius 2 is 2.06 bits per heavy atom. The highest BCUT2D eigenvalue weighted by atomic mass is 16.5. The molecule has 0 aliphatic rings. The lowest BCUT2D eigenvalue weighted by Gasteiger charge is -2.08. The predicted molar refractivity (Wildman–Crippen MR) is 70.8 cm³/mol. The highest BCUT2D eigenvalue weighted by molar-refractivity contribution is 5.13. The van der Waals surface area contributed by atoms with E-state index in [1.807, 2.05) is 37.3 Å². The van der Waals surface area contributed by atoms with Crippen LogP contribution in [0.2, 0.25) is 0 Å². The molecule has 94 valence electrons. The van der Waals surface area contributed by atoms with Crippen LogP contribution in [0, 0.1) is 0 Å². The minimum absolute atomic E-state index is 0.230. The standard InChI is InChI=1S/C15H22O2/c1-2-3-10-15(16)11-7-12-17-13-14-8-5-4-6-9-14/h2-6,8-9,15-16H,7,10-13H2,1H3/b3-2-/t15-/m1/s1. The molecule has 0 aliphatic carbocycles. The third-order valence-electron chi connectivity index (χ3n) is 2.58. The zero-order valence-electron chi connectivity index (χ0n) is 10.5. The summed E-state index contributed by atoms with van der Waals surface area (Å²) in [6.07, 6.45) is 6.19. The lowest BCUT2D eigenvalue weighted by atomic mass is 10.1. The Bertz CT molecular complexity index is 306. The van der Waals surface area contributed by atoms with Crippen LogP contribution in [0.15, 0.2) is 42.5 Å². The second-order valence-corrected chi connectivity index (χ2v) is 4.14. The minimum atomic E-state index is -0.230. The van der Waals surface area contributed by atoms with E-state index in [0.717, 1.165) is 19.3 Å². The molecule has 0 saturated heterocycles. The largest absolute Gasteiger partial charge is 0.393 e. The fraction of sp³-hybridized carbons (Fsp3) is 0.467. The summed E-state index contributed by atoms with van der Waals surface area (Å²) in [4.78, 5) is 0. The van der Waals surface area contributed by atoms with E-state index in [1.54, 1.807) is 0 Å². The molecular weight excluding hydrogens is 212 g/mol. The summed E-state index contributed by atoms with van der Waals surface area (Å²) < 4.78 is 5.55. The Kier molecular flexibility index (Phi) is 7.35. The first-order chi connectivity index (χ1) is 8.33. The first kappa shape index (κ1) is 13.9. The van der Waals surface area contributed by atoms with Crippen molar-refractivity contribution in [1.29, 1.82) is 0 Å².